The van der Waals surface area contributed by atoms with Gasteiger partial charge < -0.3 is 14.2 Å². The molecule has 0 amide bonds. The van der Waals surface area contributed by atoms with Gasteiger partial charge in [0, 0.05) is 51.7 Å². The number of allylic oxidation sites excluding steroid dienone is 3. The molecule has 0 saturated heterocycles. The van der Waals surface area contributed by atoms with E-state index < -0.39 is 5.41 Å². The summed E-state index contributed by atoms with van der Waals surface area (Å²) in [6.45, 7) is 13.7. The van der Waals surface area contributed by atoms with E-state index in [4.69, 9.17) is 9.40 Å². The Hall–Kier alpha value is -9.21. The highest BCUT2D eigenvalue weighted by Gasteiger charge is 2.56. The number of furan rings is 1. The minimum Gasteiger partial charge on any atom is -0.437 e. The van der Waals surface area contributed by atoms with Gasteiger partial charge in [-0.05, 0) is 157 Å². The average Bonchev–Trinajstić information content (AvgIpc) is 4.26. The molecule has 11 aromatic rings. The highest BCUT2D eigenvalue weighted by molar-refractivity contribution is 6.19. The Morgan fingerprint density at radius 2 is 1.01 bits per heavy atom. The first-order chi connectivity index (χ1) is 37.9. The summed E-state index contributed by atoms with van der Waals surface area (Å²) >= 11 is 0. The fourth-order valence-corrected chi connectivity index (χ4v) is 12.7. The van der Waals surface area contributed by atoms with Gasteiger partial charge in [0.15, 0.2) is 0 Å². The van der Waals surface area contributed by atoms with Gasteiger partial charge in [0.1, 0.15) is 5.58 Å². The maximum absolute atomic E-state index is 7.29. The van der Waals surface area contributed by atoms with Crippen molar-refractivity contribution in [3.8, 4) is 33.4 Å². The number of aromatic nitrogens is 1. The van der Waals surface area contributed by atoms with Gasteiger partial charge in [0.05, 0.1) is 21.9 Å². The van der Waals surface area contributed by atoms with Crippen LogP contribution < -0.4 is 9.80 Å². The SMILES string of the molecule is CC(C)(C)c1ccc(N(c2ccc(-c3ccccc3)cc2)c2ccc3c(c2)C2(C4=C=CC=CC4c4ccccc42)c2cc(N(c4ccc(-c5ccccc5)cc4)c4ccc(C(C)(C)C)cc4)c4c(oc5ncccc54)c2-3)cc1. The lowest BCUT2D eigenvalue weighted by molar-refractivity contribution is 0.590. The summed E-state index contributed by atoms with van der Waals surface area (Å²) in [5, 5.41) is 1.99. The molecule has 0 radical (unpaired) electrons. The molecule has 0 bridgehead atoms. The monoisotopic (exact) mass is 1010 g/mol. The van der Waals surface area contributed by atoms with E-state index in [-0.39, 0.29) is 16.7 Å². The smallest absolute Gasteiger partial charge is 0.227 e. The molecule has 2 aromatic heterocycles. The Kier molecular flexibility index (Phi) is 10.9. The van der Waals surface area contributed by atoms with Gasteiger partial charge in [-0.15, -0.1) is 5.73 Å². The zero-order chi connectivity index (χ0) is 52.9. The quantitative estimate of drug-likeness (QED) is 0.142. The minimum atomic E-state index is -0.754. The van der Waals surface area contributed by atoms with Crippen molar-refractivity contribution in [2.45, 2.75) is 63.7 Å². The molecule has 78 heavy (non-hydrogen) atoms. The molecule has 2 atom stereocenters. The summed E-state index contributed by atoms with van der Waals surface area (Å²) in [4.78, 5) is 9.82. The summed E-state index contributed by atoms with van der Waals surface area (Å²) in [6.07, 6.45) is 8.48. The number of anilines is 6. The third-order valence-corrected chi connectivity index (χ3v) is 16.6. The molecule has 4 heteroatoms. The third-order valence-electron chi connectivity index (χ3n) is 16.6. The molecular weight excluding hydrogens is 947 g/mol. The average molecular weight is 1010 g/mol. The van der Waals surface area contributed by atoms with E-state index in [9.17, 15) is 0 Å². The van der Waals surface area contributed by atoms with Gasteiger partial charge in [-0.1, -0.05) is 193 Å². The van der Waals surface area contributed by atoms with E-state index in [1.807, 2.05) is 12.3 Å². The molecule has 2 unspecified atom stereocenters. The fourth-order valence-electron chi connectivity index (χ4n) is 12.7. The van der Waals surface area contributed by atoms with Gasteiger partial charge in [-0.25, -0.2) is 4.98 Å². The first kappa shape index (κ1) is 47.3. The number of hydrogen-bond donors (Lipinski definition) is 0. The second-order valence-electron chi connectivity index (χ2n) is 23.2. The largest absolute Gasteiger partial charge is 0.437 e. The van der Waals surface area contributed by atoms with Gasteiger partial charge in [-0.2, -0.15) is 0 Å². The van der Waals surface area contributed by atoms with Crippen molar-refractivity contribution in [1.82, 2.24) is 4.98 Å². The first-order valence-corrected chi connectivity index (χ1v) is 27.3. The Bertz CT molecular complexity index is 4220. The standard InChI is InChI=1S/C74H59N3O/c1-72(2,3)52-31-39-55(40-32-52)76(54-35-27-50(28-36-54)48-18-9-7-10-19-48)58-43-44-61-65(46-58)74(63-25-15-13-22-59(63)60-23-14-16-26-64(60)74)66-47-67(69-62-24-17-45-75-71(62)78-70(69)68(61)66)77(57-41-33-53(34-42-57)73(4,5)6)56-37-29-51(30-38-56)49-20-11-8-12-21-49/h7-25,27-47,60H,1-6H3. The number of hydrogen-bond acceptors (Lipinski definition) is 4. The number of pyridine rings is 1. The highest BCUT2D eigenvalue weighted by Crippen LogP contribution is 2.67. The molecular formula is C74H59N3O. The van der Waals surface area contributed by atoms with Crippen LogP contribution in [0.5, 0.6) is 0 Å². The van der Waals surface area contributed by atoms with Crippen LogP contribution in [0, 0.1) is 0 Å². The van der Waals surface area contributed by atoms with Gasteiger partial charge in [0.25, 0.3) is 0 Å². The topological polar surface area (TPSA) is 32.5 Å². The molecule has 0 saturated carbocycles. The van der Waals surface area contributed by atoms with Crippen LogP contribution in [0.3, 0.4) is 0 Å². The van der Waals surface area contributed by atoms with E-state index in [0.717, 1.165) is 67.2 Å². The van der Waals surface area contributed by atoms with Crippen LogP contribution in [0.15, 0.2) is 259 Å². The summed E-state index contributed by atoms with van der Waals surface area (Å²) in [7, 11) is 0. The lowest BCUT2D eigenvalue weighted by Gasteiger charge is -2.34. The van der Waals surface area contributed by atoms with Crippen molar-refractivity contribution in [3.05, 3.63) is 287 Å². The Morgan fingerprint density at radius 3 is 1.60 bits per heavy atom. The number of fused-ring (bicyclic) bond motifs is 14. The van der Waals surface area contributed by atoms with Crippen molar-refractivity contribution in [3.63, 3.8) is 0 Å². The number of rotatable bonds is 8. The van der Waals surface area contributed by atoms with Crippen LogP contribution >= 0.6 is 0 Å². The van der Waals surface area contributed by atoms with Crippen molar-refractivity contribution < 1.29 is 4.42 Å². The molecule has 9 aromatic carbocycles. The zero-order valence-corrected chi connectivity index (χ0v) is 44.9. The summed E-state index contributed by atoms with van der Waals surface area (Å²) in [6, 6.07) is 80.6. The molecule has 0 aliphatic heterocycles. The normalized spacial score (nSPS) is 16.0. The van der Waals surface area contributed by atoms with Crippen LogP contribution in [0.4, 0.5) is 34.1 Å². The van der Waals surface area contributed by atoms with E-state index in [1.165, 1.54) is 55.6 Å². The highest BCUT2D eigenvalue weighted by atomic mass is 16.3. The van der Waals surface area contributed by atoms with E-state index >= 15 is 0 Å². The van der Waals surface area contributed by atoms with Crippen molar-refractivity contribution in [1.29, 1.82) is 0 Å². The first-order valence-electron chi connectivity index (χ1n) is 27.3. The van der Waals surface area contributed by atoms with E-state index in [0.29, 0.717) is 5.71 Å². The maximum atomic E-state index is 7.29. The van der Waals surface area contributed by atoms with E-state index in [1.54, 1.807) is 0 Å². The lowest BCUT2D eigenvalue weighted by atomic mass is 9.69. The summed E-state index contributed by atoms with van der Waals surface area (Å²) in [5.74, 6) is 0.0169. The van der Waals surface area contributed by atoms with Gasteiger partial charge in [0.2, 0.25) is 5.71 Å². The maximum Gasteiger partial charge on any atom is 0.227 e. The zero-order valence-electron chi connectivity index (χ0n) is 44.9. The Morgan fingerprint density at radius 1 is 0.487 bits per heavy atom. The summed E-state index contributed by atoms with van der Waals surface area (Å²) < 4.78 is 7.29. The number of benzene rings is 9. The minimum absolute atomic E-state index is 0.00193. The fraction of sp³-hybridized carbons (Fsp3) is 0.135. The van der Waals surface area contributed by atoms with Crippen LogP contribution in [0.1, 0.15) is 80.8 Å². The van der Waals surface area contributed by atoms with Crippen molar-refractivity contribution >= 4 is 56.2 Å². The van der Waals surface area contributed by atoms with Crippen LogP contribution in [0.2, 0.25) is 0 Å². The molecule has 3 aliphatic rings. The Labute approximate surface area is 457 Å². The van der Waals surface area contributed by atoms with Gasteiger partial charge in [-0.3, -0.25) is 0 Å². The Balaban J connectivity index is 1.05. The molecule has 376 valence electrons. The molecule has 4 nitrogen and oxygen atoms in total. The lowest BCUT2D eigenvalue weighted by Crippen LogP contribution is -2.27. The predicted molar refractivity (Wildman–Crippen MR) is 324 cm³/mol. The van der Waals surface area contributed by atoms with Crippen LogP contribution in [-0.4, -0.2) is 4.98 Å². The van der Waals surface area contributed by atoms with Crippen LogP contribution in [0.25, 0.3) is 55.4 Å². The number of nitrogens with zero attached hydrogens (tertiary/aromatic N) is 3. The van der Waals surface area contributed by atoms with Crippen molar-refractivity contribution in [2.24, 2.45) is 0 Å². The third kappa shape index (κ3) is 7.46. The predicted octanol–water partition coefficient (Wildman–Crippen LogP) is 19.9. The van der Waals surface area contributed by atoms with E-state index in [2.05, 4.69) is 288 Å². The molecule has 3 aliphatic carbocycles. The summed E-state index contributed by atoms with van der Waals surface area (Å²) in [5.41, 5.74) is 26.6. The van der Waals surface area contributed by atoms with Crippen molar-refractivity contribution in [2.75, 3.05) is 9.80 Å². The second-order valence-corrected chi connectivity index (χ2v) is 23.2. The van der Waals surface area contributed by atoms with Crippen LogP contribution in [-0.2, 0) is 16.2 Å². The molecule has 14 rings (SSSR count). The molecule has 1 spiro atoms. The molecule has 0 fully saturated rings. The molecule has 0 N–H and O–H groups in total. The molecule has 2 heterocycles. The van der Waals surface area contributed by atoms with Gasteiger partial charge >= 0.3 is 0 Å². The second kappa shape index (κ2) is 18.0.